The zero-order valence-electron chi connectivity index (χ0n) is 14.1. The fourth-order valence-electron chi connectivity index (χ4n) is 2.63. The second-order valence-corrected chi connectivity index (χ2v) is 8.08. The van der Waals surface area contributed by atoms with E-state index in [0.29, 0.717) is 16.8 Å². The summed E-state index contributed by atoms with van der Waals surface area (Å²) in [6.07, 6.45) is 1.77. The molecule has 1 saturated heterocycles. The molecule has 26 heavy (non-hydrogen) atoms. The van der Waals surface area contributed by atoms with Crippen molar-refractivity contribution in [3.8, 4) is 0 Å². The zero-order valence-corrected chi connectivity index (χ0v) is 15.8. The summed E-state index contributed by atoms with van der Waals surface area (Å²) in [4.78, 5) is 36.5. The molecule has 0 aromatic heterocycles. The molecule has 136 valence electrons. The molecule has 0 unspecified atom stereocenters. The molecule has 0 aliphatic carbocycles. The van der Waals surface area contributed by atoms with Crippen LogP contribution in [0.1, 0.15) is 19.4 Å². The van der Waals surface area contributed by atoms with Gasteiger partial charge in [0.05, 0.1) is 9.16 Å². The molecule has 1 amide bonds. The highest BCUT2D eigenvalue weighted by atomic mass is 32.2. The van der Waals surface area contributed by atoms with Gasteiger partial charge in [0.25, 0.3) is 11.6 Å². The van der Waals surface area contributed by atoms with Crippen LogP contribution in [-0.4, -0.2) is 32.8 Å². The van der Waals surface area contributed by atoms with Crippen molar-refractivity contribution >= 4 is 41.1 Å². The molecule has 0 radical (unpaired) electrons. The van der Waals surface area contributed by atoms with Crippen molar-refractivity contribution < 1.29 is 19.2 Å². The van der Waals surface area contributed by atoms with Gasteiger partial charge in [0, 0.05) is 17.7 Å². The number of non-ortho nitro benzene ring substituents is 1. The lowest BCUT2D eigenvalue weighted by Gasteiger charge is -2.37. The van der Waals surface area contributed by atoms with Crippen molar-refractivity contribution in [3.05, 3.63) is 61.5 Å². The maximum atomic E-state index is 12.6. The average Bonchev–Trinajstić information content (AvgIpc) is 2.95. The molecule has 0 saturated carbocycles. The van der Waals surface area contributed by atoms with E-state index >= 15 is 0 Å². The number of hydrogen-bond acceptors (Lipinski definition) is 7. The lowest BCUT2D eigenvalue weighted by atomic mass is 10.1. The molecular formula is C17H16N2O5S2. The Morgan fingerprint density at radius 2 is 2.12 bits per heavy atom. The van der Waals surface area contributed by atoms with Gasteiger partial charge in [-0.1, -0.05) is 24.8 Å². The molecule has 2 aliphatic heterocycles. The number of esters is 1. The number of amides is 1. The van der Waals surface area contributed by atoms with E-state index in [9.17, 15) is 19.7 Å². The molecule has 0 bridgehead atoms. The van der Waals surface area contributed by atoms with E-state index in [0.717, 1.165) is 9.99 Å². The summed E-state index contributed by atoms with van der Waals surface area (Å²) in [6.45, 7) is 3.77. The number of benzene rings is 1. The first-order valence-corrected chi connectivity index (χ1v) is 9.78. The number of carbonyl (C=O) groups is 2. The predicted molar refractivity (Wildman–Crippen MR) is 100 cm³/mol. The second-order valence-electron chi connectivity index (χ2n) is 5.46. The molecule has 7 nitrogen and oxygen atoms in total. The van der Waals surface area contributed by atoms with Crippen molar-refractivity contribution in [3.63, 3.8) is 0 Å². The van der Waals surface area contributed by atoms with Crippen LogP contribution in [0.4, 0.5) is 5.69 Å². The number of allylic oxidation sites excluding steroid dienone is 1. The van der Waals surface area contributed by atoms with Crippen molar-refractivity contribution in [1.82, 2.24) is 4.90 Å². The van der Waals surface area contributed by atoms with E-state index in [2.05, 4.69) is 0 Å². The van der Waals surface area contributed by atoms with E-state index in [1.165, 1.54) is 40.6 Å². The molecule has 2 heterocycles. The lowest BCUT2D eigenvalue weighted by molar-refractivity contribution is -0.384. The molecular weight excluding hydrogens is 376 g/mol. The highest BCUT2D eigenvalue weighted by Gasteiger charge is 2.52. The van der Waals surface area contributed by atoms with Crippen molar-refractivity contribution in [2.75, 3.05) is 5.75 Å². The van der Waals surface area contributed by atoms with Gasteiger partial charge < -0.3 is 4.74 Å². The third-order valence-electron chi connectivity index (χ3n) is 3.92. The molecule has 1 fully saturated rings. The molecule has 1 aromatic rings. The summed E-state index contributed by atoms with van der Waals surface area (Å²) in [5.41, 5.74) is 1.61. The third kappa shape index (κ3) is 3.24. The first-order valence-electron chi connectivity index (χ1n) is 7.91. The molecule has 1 aromatic carbocycles. The molecule has 3 rings (SSSR count). The van der Waals surface area contributed by atoms with Crippen LogP contribution in [-0.2, 0) is 20.9 Å². The van der Waals surface area contributed by atoms with Gasteiger partial charge in [-0.25, -0.2) is 4.79 Å². The fourth-order valence-corrected chi connectivity index (χ4v) is 5.27. The normalized spacial score (nSPS) is 20.2. The number of nitrogens with zero attached hydrogens (tertiary/aromatic N) is 2. The van der Waals surface area contributed by atoms with E-state index in [1.807, 2.05) is 13.8 Å². The molecule has 9 heteroatoms. The zero-order chi connectivity index (χ0) is 18.8. The van der Waals surface area contributed by atoms with E-state index < -0.39 is 10.9 Å². The smallest absolute Gasteiger partial charge is 0.357 e. The van der Waals surface area contributed by atoms with Gasteiger partial charge in [-0.05, 0) is 30.4 Å². The van der Waals surface area contributed by atoms with E-state index in [1.54, 1.807) is 18.2 Å². The molecule has 2 aliphatic rings. The van der Waals surface area contributed by atoms with E-state index in [4.69, 9.17) is 4.74 Å². The monoisotopic (exact) mass is 392 g/mol. The summed E-state index contributed by atoms with van der Waals surface area (Å²) in [7, 11) is 0. The summed E-state index contributed by atoms with van der Waals surface area (Å²) in [5.74, 6) is 0.0540. The highest BCUT2D eigenvalue weighted by molar-refractivity contribution is 8.22. The van der Waals surface area contributed by atoms with Crippen LogP contribution in [0.5, 0.6) is 0 Å². The minimum Gasteiger partial charge on any atom is -0.456 e. The van der Waals surface area contributed by atoms with Crippen LogP contribution in [0.15, 0.2) is 45.8 Å². The van der Waals surface area contributed by atoms with Gasteiger partial charge in [-0.15, -0.1) is 11.8 Å². The number of nitro groups is 1. The Bertz CT molecular complexity index is 832. The van der Waals surface area contributed by atoms with Gasteiger partial charge >= 0.3 is 5.97 Å². The van der Waals surface area contributed by atoms with Crippen LogP contribution in [0.3, 0.4) is 0 Å². The number of nitro benzene ring substituents is 1. The number of carbonyl (C=O) groups excluding carboxylic acids is 2. The third-order valence-corrected chi connectivity index (χ3v) is 6.40. The number of β-lactam (4-membered cyclic amide) rings is 1. The minimum atomic E-state index is -0.558. The van der Waals surface area contributed by atoms with Crippen molar-refractivity contribution in [1.29, 1.82) is 0 Å². The van der Waals surface area contributed by atoms with Crippen LogP contribution < -0.4 is 0 Å². The Balaban J connectivity index is 1.72. The van der Waals surface area contributed by atoms with Gasteiger partial charge in [0.15, 0.2) is 5.70 Å². The second kappa shape index (κ2) is 7.55. The summed E-state index contributed by atoms with van der Waals surface area (Å²) in [5, 5.41) is 10.5. The van der Waals surface area contributed by atoms with Crippen LogP contribution in [0.25, 0.3) is 0 Å². The Hall–Kier alpha value is -2.26. The maximum Gasteiger partial charge on any atom is 0.357 e. The minimum absolute atomic E-state index is 0.0156. The van der Waals surface area contributed by atoms with Gasteiger partial charge in [-0.2, -0.15) is 0 Å². The number of ether oxygens (including phenoxy) is 1. The first-order chi connectivity index (χ1) is 12.5. The standard InChI is InChI=1S/C17H16N2O5S2/c1-3-12-14(20)18-13(17(25-4-2)26-15(12)18)16(21)24-9-10-5-7-11(8-6-10)19(22)23/h3,5-8,15H,4,9H2,1-2H3/b12-3+/t15-/m1/s1. The summed E-state index contributed by atoms with van der Waals surface area (Å²) in [6, 6.07) is 5.81. The van der Waals surface area contributed by atoms with Crippen LogP contribution >= 0.6 is 23.5 Å². The largest absolute Gasteiger partial charge is 0.456 e. The first kappa shape index (κ1) is 18.5. The quantitative estimate of drug-likeness (QED) is 0.241. The number of thioether (sulfide) groups is 2. The summed E-state index contributed by atoms with van der Waals surface area (Å²) < 4.78 is 6.14. The van der Waals surface area contributed by atoms with Gasteiger partial charge in [0.2, 0.25) is 0 Å². The molecule has 0 spiro atoms. The Morgan fingerprint density at radius 3 is 2.69 bits per heavy atom. The number of rotatable bonds is 6. The Kier molecular flexibility index (Phi) is 5.38. The van der Waals surface area contributed by atoms with Crippen LogP contribution in [0.2, 0.25) is 0 Å². The topological polar surface area (TPSA) is 89.8 Å². The molecule has 0 N–H and O–H groups in total. The van der Waals surface area contributed by atoms with Crippen molar-refractivity contribution in [2.24, 2.45) is 0 Å². The summed E-state index contributed by atoms with van der Waals surface area (Å²) >= 11 is 3.00. The fraction of sp³-hybridized carbons (Fsp3) is 0.294. The molecule has 1 atom stereocenters. The average molecular weight is 392 g/mol. The van der Waals surface area contributed by atoms with Gasteiger partial charge in [-0.3, -0.25) is 19.8 Å². The SMILES string of the molecule is C/C=C1\C(=O)N2C(C(=O)OCc3ccc([N+](=O)[O-])cc3)=C(SCC)S[C@H]12. The predicted octanol–water partition coefficient (Wildman–Crippen LogP) is 3.42. The number of hydrogen-bond donors (Lipinski definition) is 0. The van der Waals surface area contributed by atoms with Crippen LogP contribution in [0, 0.1) is 10.1 Å². The van der Waals surface area contributed by atoms with Crippen molar-refractivity contribution in [2.45, 2.75) is 25.8 Å². The maximum absolute atomic E-state index is 12.6. The Morgan fingerprint density at radius 1 is 1.42 bits per heavy atom. The Labute approximate surface area is 158 Å². The van der Waals surface area contributed by atoms with Gasteiger partial charge in [0.1, 0.15) is 12.0 Å². The number of fused-ring (bicyclic) bond motifs is 1. The highest BCUT2D eigenvalue weighted by Crippen LogP contribution is 2.52. The van der Waals surface area contributed by atoms with E-state index in [-0.39, 0.29) is 23.6 Å². The lowest BCUT2D eigenvalue weighted by Crippen LogP contribution is -2.51.